The van der Waals surface area contributed by atoms with Gasteiger partial charge in [0.05, 0.1) is 11.9 Å². The second-order valence-corrected chi connectivity index (χ2v) is 5.09. The first-order valence-corrected chi connectivity index (χ1v) is 6.18. The largest absolute Gasteiger partial charge is 0.246 e. The molecule has 15 heavy (non-hydrogen) atoms. The molecule has 2 rings (SSSR count). The third-order valence-electron chi connectivity index (χ3n) is 3.27. The Hall–Kier alpha value is -0.570. The molecule has 0 radical (unpaired) electrons. The van der Waals surface area contributed by atoms with E-state index >= 15 is 0 Å². The first-order chi connectivity index (χ1) is 7.20. The molecule has 1 aromatic heterocycles. The van der Waals surface area contributed by atoms with Crippen LogP contribution in [0.1, 0.15) is 45.0 Å². The average molecular weight is 228 g/mol. The van der Waals surface area contributed by atoms with Crippen molar-refractivity contribution in [1.29, 1.82) is 0 Å². The van der Waals surface area contributed by atoms with Crippen molar-refractivity contribution in [2.75, 3.05) is 0 Å². The van der Waals surface area contributed by atoms with Gasteiger partial charge in [0.1, 0.15) is 12.2 Å². The Bertz CT molecular complexity index is 313. The maximum Gasteiger partial charge on any atom is 0.142 e. The summed E-state index contributed by atoms with van der Waals surface area (Å²) in [6, 6.07) is 0.500. The van der Waals surface area contributed by atoms with Crippen molar-refractivity contribution in [3.8, 4) is 0 Å². The number of hydrogen-bond acceptors (Lipinski definition) is 2. The maximum atomic E-state index is 5.84. The van der Waals surface area contributed by atoms with Crippen LogP contribution in [0.2, 0.25) is 0 Å². The van der Waals surface area contributed by atoms with Gasteiger partial charge in [-0.2, -0.15) is 5.10 Å². The summed E-state index contributed by atoms with van der Waals surface area (Å²) < 4.78 is 2.03. The molecule has 2 atom stereocenters. The highest BCUT2D eigenvalue weighted by Crippen LogP contribution is 2.35. The third-order valence-corrected chi connectivity index (χ3v) is 3.51. The fraction of sp³-hybridized carbons (Fsp3) is 0.818. The zero-order valence-electron chi connectivity index (χ0n) is 9.36. The molecule has 0 amide bonds. The molecule has 0 N–H and O–H groups in total. The molecule has 0 saturated heterocycles. The van der Waals surface area contributed by atoms with Crippen molar-refractivity contribution in [3.05, 3.63) is 12.2 Å². The third kappa shape index (κ3) is 2.33. The molecule has 1 aliphatic rings. The lowest BCUT2D eigenvalue weighted by Crippen LogP contribution is -2.24. The molecule has 1 heterocycles. The molecule has 1 fully saturated rings. The Balaban J connectivity index is 2.16. The van der Waals surface area contributed by atoms with Crippen LogP contribution in [-0.4, -0.2) is 14.8 Å². The van der Waals surface area contributed by atoms with Gasteiger partial charge in [0.2, 0.25) is 0 Å². The normalized spacial score (nSPS) is 31.8. The van der Waals surface area contributed by atoms with Crippen molar-refractivity contribution < 1.29 is 0 Å². The fourth-order valence-electron chi connectivity index (χ4n) is 2.78. The van der Waals surface area contributed by atoms with Crippen molar-refractivity contribution in [2.45, 2.75) is 45.0 Å². The Morgan fingerprint density at radius 2 is 2.00 bits per heavy atom. The van der Waals surface area contributed by atoms with E-state index < -0.39 is 0 Å². The number of alkyl halides is 1. The number of halogens is 1. The van der Waals surface area contributed by atoms with Crippen LogP contribution in [0.5, 0.6) is 0 Å². The van der Waals surface area contributed by atoms with Crippen LogP contribution >= 0.6 is 11.6 Å². The molecular formula is C11H18ClN3. The van der Waals surface area contributed by atoms with Crippen LogP contribution in [-0.2, 0) is 5.88 Å². The van der Waals surface area contributed by atoms with Gasteiger partial charge in [0.25, 0.3) is 0 Å². The number of nitrogens with zero attached hydrogens (tertiary/aromatic N) is 3. The van der Waals surface area contributed by atoms with Crippen LogP contribution in [0.4, 0.5) is 0 Å². The highest BCUT2D eigenvalue weighted by molar-refractivity contribution is 6.16. The van der Waals surface area contributed by atoms with Gasteiger partial charge in [-0.15, -0.1) is 11.6 Å². The van der Waals surface area contributed by atoms with Crippen molar-refractivity contribution in [3.63, 3.8) is 0 Å². The van der Waals surface area contributed by atoms with E-state index in [0.717, 1.165) is 17.7 Å². The first kappa shape index (κ1) is 10.9. The summed E-state index contributed by atoms with van der Waals surface area (Å²) in [6.07, 6.45) is 5.36. The highest BCUT2D eigenvalue weighted by Gasteiger charge is 2.26. The highest BCUT2D eigenvalue weighted by atomic mass is 35.5. The lowest BCUT2D eigenvalue weighted by molar-refractivity contribution is 0.207. The molecule has 1 aromatic rings. The van der Waals surface area contributed by atoms with Gasteiger partial charge in [0.15, 0.2) is 0 Å². The summed E-state index contributed by atoms with van der Waals surface area (Å²) in [5, 5.41) is 4.30. The van der Waals surface area contributed by atoms with Gasteiger partial charge in [0, 0.05) is 0 Å². The summed E-state index contributed by atoms with van der Waals surface area (Å²) in [6.45, 7) is 4.64. The minimum atomic E-state index is 0.458. The summed E-state index contributed by atoms with van der Waals surface area (Å²) in [5.74, 6) is 2.93. The van der Waals surface area contributed by atoms with Crippen LogP contribution in [0.15, 0.2) is 6.33 Å². The second kappa shape index (κ2) is 4.52. The summed E-state index contributed by atoms with van der Waals surface area (Å²) in [4.78, 5) is 4.18. The fourth-order valence-corrected chi connectivity index (χ4v) is 2.97. The summed E-state index contributed by atoms with van der Waals surface area (Å²) in [7, 11) is 0. The lowest BCUT2D eigenvalue weighted by Gasteiger charge is -2.31. The Kier molecular flexibility index (Phi) is 3.29. The van der Waals surface area contributed by atoms with E-state index in [4.69, 9.17) is 11.6 Å². The monoisotopic (exact) mass is 227 g/mol. The predicted molar refractivity (Wildman–Crippen MR) is 60.8 cm³/mol. The van der Waals surface area contributed by atoms with Gasteiger partial charge < -0.3 is 0 Å². The van der Waals surface area contributed by atoms with Crippen LogP contribution in [0.3, 0.4) is 0 Å². The minimum Gasteiger partial charge on any atom is -0.246 e. The number of hydrogen-bond donors (Lipinski definition) is 0. The molecule has 0 aromatic carbocycles. The van der Waals surface area contributed by atoms with E-state index in [9.17, 15) is 0 Å². The molecule has 1 aliphatic carbocycles. The van der Waals surface area contributed by atoms with Gasteiger partial charge in [-0.3, -0.25) is 0 Å². The van der Waals surface area contributed by atoms with E-state index in [1.807, 2.05) is 4.68 Å². The zero-order valence-corrected chi connectivity index (χ0v) is 10.1. The number of aromatic nitrogens is 3. The summed E-state index contributed by atoms with van der Waals surface area (Å²) in [5.41, 5.74) is 0. The quantitative estimate of drug-likeness (QED) is 0.728. The molecule has 0 bridgehead atoms. The van der Waals surface area contributed by atoms with Gasteiger partial charge in [-0.25, -0.2) is 9.67 Å². The average Bonchev–Trinajstić information content (AvgIpc) is 2.63. The van der Waals surface area contributed by atoms with Crippen molar-refractivity contribution >= 4 is 11.6 Å². The SMILES string of the molecule is CC1CC(C)CC(n2ncnc2CCl)C1. The Labute approximate surface area is 95.8 Å². The smallest absolute Gasteiger partial charge is 0.142 e. The Morgan fingerprint density at radius 1 is 1.33 bits per heavy atom. The molecule has 0 aliphatic heterocycles. The molecule has 2 unspecified atom stereocenters. The minimum absolute atomic E-state index is 0.458. The van der Waals surface area contributed by atoms with Crippen LogP contribution < -0.4 is 0 Å². The van der Waals surface area contributed by atoms with Gasteiger partial charge >= 0.3 is 0 Å². The van der Waals surface area contributed by atoms with E-state index in [1.54, 1.807) is 6.33 Å². The van der Waals surface area contributed by atoms with E-state index in [2.05, 4.69) is 23.9 Å². The molecular weight excluding hydrogens is 210 g/mol. The molecule has 3 nitrogen and oxygen atoms in total. The Morgan fingerprint density at radius 3 is 2.60 bits per heavy atom. The van der Waals surface area contributed by atoms with E-state index in [1.165, 1.54) is 19.3 Å². The van der Waals surface area contributed by atoms with E-state index in [0.29, 0.717) is 11.9 Å². The van der Waals surface area contributed by atoms with Gasteiger partial charge in [-0.1, -0.05) is 13.8 Å². The van der Waals surface area contributed by atoms with Crippen molar-refractivity contribution in [1.82, 2.24) is 14.8 Å². The topological polar surface area (TPSA) is 30.7 Å². The molecule has 0 spiro atoms. The van der Waals surface area contributed by atoms with E-state index in [-0.39, 0.29) is 0 Å². The summed E-state index contributed by atoms with van der Waals surface area (Å²) >= 11 is 5.84. The van der Waals surface area contributed by atoms with Crippen LogP contribution in [0.25, 0.3) is 0 Å². The second-order valence-electron chi connectivity index (χ2n) is 4.83. The molecule has 4 heteroatoms. The predicted octanol–water partition coefficient (Wildman–Crippen LogP) is 3.01. The van der Waals surface area contributed by atoms with Gasteiger partial charge in [-0.05, 0) is 31.1 Å². The first-order valence-electron chi connectivity index (χ1n) is 5.65. The van der Waals surface area contributed by atoms with Crippen molar-refractivity contribution in [2.24, 2.45) is 11.8 Å². The maximum absolute atomic E-state index is 5.84. The molecule has 84 valence electrons. The van der Waals surface area contributed by atoms with Crippen LogP contribution in [0, 0.1) is 11.8 Å². The molecule has 1 saturated carbocycles. The zero-order chi connectivity index (χ0) is 10.8. The number of rotatable bonds is 2. The standard InChI is InChI=1S/C11H18ClN3/c1-8-3-9(2)5-10(4-8)15-11(6-12)13-7-14-15/h7-10H,3-6H2,1-2H3. The lowest BCUT2D eigenvalue weighted by atomic mass is 9.80.